The van der Waals surface area contributed by atoms with E-state index in [4.69, 9.17) is 4.74 Å². The van der Waals surface area contributed by atoms with E-state index >= 15 is 0 Å². The quantitative estimate of drug-likeness (QED) is 0.554. The van der Waals surface area contributed by atoms with Gasteiger partial charge in [-0.05, 0) is 51.4 Å². The van der Waals surface area contributed by atoms with Gasteiger partial charge in [-0.15, -0.1) is 0 Å². The first-order chi connectivity index (χ1) is 8.46. The van der Waals surface area contributed by atoms with E-state index in [1.165, 1.54) is 32.1 Å². The summed E-state index contributed by atoms with van der Waals surface area (Å²) < 4.78 is 5.80. The van der Waals surface area contributed by atoms with Crippen molar-refractivity contribution in [1.29, 1.82) is 0 Å². The first-order valence-electron chi connectivity index (χ1n) is 7.35. The molecule has 0 heterocycles. The number of ether oxygens (including phenoxy) is 1. The molecule has 2 unspecified atom stereocenters. The van der Waals surface area contributed by atoms with Crippen LogP contribution in [0.1, 0.15) is 59.3 Å². The molecule has 0 radical (unpaired) electrons. The van der Waals surface area contributed by atoms with Crippen molar-refractivity contribution < 1.29 is 9.53 Å². The van der Waals surface area contributed by atoms with Crippen molar-refractivity contribution in [2.24, 2.45) is 17.8 Å². The highest BCUT2D eigenvalue weighted by atomic mass is 16.6. The van der Waals surface area contributed by atoms with E-state index < -0.39 is 0 Å². The Morgan fingerprint density at radius 1 is 1.33 bits per heavy atom. The Balaban J connectivity index is 2.11. The maximum Gasteiger partial charge on any atom is 0.333 e. The fourth-order valence-corrected chi connectivity index (χ4v) is 3.83. The lowest BCUT2D eigenvalue weighted by Gasteiger charge is -2.49. The summed E-state index contributed by atoms with van der Waals surface area (Å²) in [6.07, 6.45) is 7.58. The number of hydrogen-bond donors (Lipinski definition) is 0. The summed E-state index contributed by atoms with van der Waals surface area (Å²) in [5, 5.41) is 0. The van der Waals surface area contributed by atoms with Crippen molar-refractivity contribution in [2.45, 2.75) is 64.9 Å². The Hall–Kier alpha value is -0.790. The van der Waals surface area contributed by atoms with Gasteiger partial charge in [-0.25, -0.2) is 4.79 Å². The Bertz CT molecular complexity index is 339. The lowest BCUT2D eigenvalue weighted by Crippen LogP contribution is -2.48. The smallest absolute Gasteiger partial charge is 0.333 e. The predicted molar refractivity (Wildman–Crippen MR) is 73.2 cm³/mol. The number of carbonyl (C=O) groups excluding carboxylic acids is 1. The van der Waals surface area contributed by atoms with E-state index in [0.29, 0.717) is 11.5 Å². The van der Waals surface area contributed by atoms with E-state index in [0.717, 1.165) is 18.3 Å². The van der Waals surface area contributed by atoms with Crippen LogP contribution in [-0.4, -0.2) is 11.6 Å². The average molecular weight is 250 g/mol. The lowest BCUT2D eigenvalue weighted by molar-refractivity contribution is -0.168. The molecule has 3 aliphatic rings. The number of fused-ring (bicyclic) bond motifs is 3. The number of esters is 1. The van der Waals surface area contributed by atoms with Gasteiger partial charge >= 0.3 is 5.97 Å². The van der Waals surface area contributed by atoms with Gasteiger partial charge in [-0.2, -0.15) is 0 Å². The summed E-state index contributed by atoms with van der Waals surface area (Å²) in [5.41, 5.74) is 0.218. The number of rotatable bonds is 4. The summed E-state index contributed by atoms with van der Waals surface area (Å²) in [6.45, 7) is 9.68. The molecular weight excluding hydrogens is 224 g/mol. The summed E-state index contributed by atoms with van der Waals surface area (Å²) in [5.74, 6) is 1.96. The average Bonchev–Trinajstić information content (AvgIpc) is 2.39. The Labute approximate surface area is 111 Å². The van der Waals surface area contributed by atoms with Gasteiger partial charge in [0.05, 0.1) is 0 Å². The topological polar surface area (TPSA) is 26.3 Å². The molecule has 0 saturated heterocycles. The molecule has 0 aliphatic heterocycles. The van der Waals surface area contributed by atoms with Gasteiger partial charge in [-0.1, -0.05) is 26.3 Å². The second-order valence-electron chi connectivity index (χ2n) is 6.46. The first-order valence-corrected chi connectivity index (χ1v) is 7.35. The van der Waals surface area contributed by atoms with Crippen LogP contribution >= 0.6 is 0 Å². The second kappa shape index (κ2) is 5.07. The molecule has 102 valence electrons. The third kappa shape index (κ3) is 2.48. The Morgan fingerprint density at radius 2 is 1.94 bits per heavy atom. The molecule has 3 saturated carbocycles. The van der Waals surface area contributed by atoms with E-state index in [2.05, 4.69) is 20.4 Å². The highest BCUT2D eigenvalue weighted by Crippen LogP contribution is 2.50. The van der Waals surface area contributed by atoms with Crippen molar-refractivity contribution in [3.05, 3.63) is 12.2 Å². The van der Waals surface area contributed by atoms with Crippen molar-refractivity contribution >= 4 is 5.97 Å². The van der Waals surface area contributed by atoms with Crippen molar-refractivity contribution in [3.63, 3.8) is 0 Å². The molecule has 2 nitrogen and oxygen atoms in total. The van der Waals surface area contributed by atoms with E-state index in [1.54, 1.807) is 6.92 Å². The standard InChI is InChI=1S/C16H26O2/c1-5-16(4,18-15(17)11(2)3)14-10-12-6-8-13(14)9-7-12/h12-14H,2,5-10H2,1,3-4H3. The van der Waals surface area contributed by atoms with Crippen LogP contribution in [0.5, 0.6) is 0 Å². The first kappa shape index (κ1) is 13.6. The monoisotopic (exact) mass is 250 g/mol. The minimum atomic E-state index is -0.292. The third-order valence-electron chi connectivity index (χ3n) is 5.21. The minimum Gasteiger partial charge on any atom is -0.456 e. The van der Waals surface area contributed by atoms with Crippen LogP contribution in [0.25, 0.3) is 0 Å². The normalized spacial score (nSPS) is 33.8. The largest absolute Gasteiger partial charge is 0.456 e. The van der Waals surface area contributed by atoms with Crippen molar-refractivity contribution in [1.82, 2.24) is 0 Å². The van der Waals surface area contributed by atoms with Crippen LogP contribution < -0.4 is 0 Å². The van der Waals surface area contributed by atoms with Crippen LogP contribution in [0, 0.1) is 17.8 Å². The van der Waals surface area contributed by atoms with E-state index in [9.17, 15) is 4.79 Å². The summed E-state index contributed by atoms with van der Waals surface area (Å²) in [4.78, 5) is 11.8. The zero-order chi connectivity index (χ0) is 13.3. The van der Waals surface area contributed by atoms with Crippen molar-refractivity contribution in [2.75, 3.05) is 0 Å². The van der Waals surface area contributed by atoms with E-state index in [1.807, 2.05) is 0 Å². The van der Waals surface area contributed by atoms with Gasteiger partial charge in [0.15, 0.2) is 0 Å². The summed E-state index contributed by atoms with van der Waals surface area (Å²) in [7, 11) is 0. The molecule has 2 atom stereocenters. The number of carbonyl (C=O) groups is 1. The second-order valence-corrected chi connectivity index (χ2v) is 6.46. The maximum atomic E-state index is 11.8. The fraction of sp³-hybridized carbons (Fsp3) is 0.812. The van der Waals surface area contributed by atoms with Crippen LogP contribution in [0.15, 0.2) is 12.2 Å². The zero-order valence-electron chi connectivity index (χ0n) is 12.0. The molecule has 0 spiro atoms. The van der Waals surface area contributed by atoms with Gasteiger partial charge in [0, 0.05) is 11.5 Å². The molecule has 0 aromatic heterocycles. The molecule has 2 heteroatoms. The SMILES string of the molecule is C=C(C)C(=O)OC(C)(CC)C1CC2CCC1CC2. The minimum absolute atomic E-state index is 0.221. The maximum absolute atomic E-state index is 11.8. The predicted octanol–water partition coefficient (Wildman–Crippen LogP) is 4.10. The zero-order valence-corrected chi connectivity index (χ0v) is 12.0. The molecule has 18 heavy (non-hydrogen) atoms. The van der Waals surface area contributed by atoms with Gasteiger partial charge in [0.2, 0.25) is 0 Å². The van der Waals surface area contributed by atoms with Crippen molar-refractivity contribution in [3.8, 4) is 0 Å². The molecule has 3 rings (SSSR count). The van der Waals surface area contributed by atoms with Gasteiger partial charge in [0.25, 0.3) is 0 Å². The fourth-order valence-electron chi connectivity index (χ4n) is 3.83. The molecule has 3 fully saturated rings. The van der Waals surface area contributed by atoms with Crippen LogP contribution in [0.3, 0.4) is 0 Å². The van der Waals surface area contributed by atoms with Crippen LogP contribution in [-0.2, 0) is 9.53 Å². The third-order valence-corrected chi connectivity index (χ3v) is 5.21. The highest BCUT2D eigenvalue weighted by molar-refractivity contribution is 5.87. The molecule has 0 aromatic carbocycles. The molecule has 0 amide bonds. The lowest BCUT2D eigenvalue weighted by atomic mass is 9.59. The van der Waals surface area contributed by atoms with Gasteiger partial charge in [-0.3, -0.25) is 0 Å². The summed E-state index contributed by atoms with van der Waals surface area (Å²) >= 11 is 0. The molecule has 3 aliphatic carbocycles. The Kier molecular flexibility index (Phi) is 3.84. The molecule has 2 bridgehead atoms. The van der Waals surface area contributed by atoms with Gasteiger partial charge in [0.1, 0.15) is 5.60 Å². The molecule has 0 N–H and O–H groups in total. The molecular formula is C16H26O2. The van der Waals surface area contributed by atoms with Gasteiger partial charge < -0.3 is 4.74 Å². The summed E-state index contributed by atoms with van der Waals surface area (Å²) in [6, 6.07) is 0. The Morgan fingerprint density at radius 3 is 2.33 bits per heavy atom. The number of hydrogen-bond acceptors (Lipinski definition) is 2. The molecule has 0 aromatic rings. The van der Waals surface area contributed by atoms with E-state index in [-0.39, 0.29) is 11.6 Å². The van der Waals surface area contributed by atoms with Crippen LogP contribution in [0.4, 0.5) is 0 Å². The highest BCUT2D eigenvalue weighted by Gasteiger charge is 2.46. The van der Waals surface area contributed by atoms with Crippen LogP contribution in [0.2, 0.25) is 0 Å².